The van der Waals surface area contributed by atoms with Crippen molar-refractivity contribution in [3.63, 3.8) is 0 Å². The molecule has 3 nitrogen and oxygen atoms in total. The molecule has 11 heavy (non-hydrogen) atoms. The maximum Gasteiger partial charge on any atom is 0.147 e. The van der Waals surface area contributed by atoms with Crippen molar-refractivity contribution in [1.82, 2.24) is 0 Å². The Hall–Kier alpha value is 0.260. The van der Waals surface area contributed by atoms with Crippen LogP contribution >= 0.6 is 11.8 Å². The summed E-state index contributed by atoms with van der Waals surface area (Å²) in [6.07, 6.45) is 1.92. The quantitative estimate of drug-likeness (QED) is 0.617. The Kier molecular flexibility index (Phi) is 5.99. The molecular weight excluding hydrogens is 184 g/mol. The molecule has 0 saturated carbocycles. The second kappa shape index (κ2) is 5.85. The average molecular weight is 198 g/mol. The molecule has 0 aromatic carbocycles. The third-order valence-electron chi connectivity index (χ3n) is 1.04. The van der Waals surface area contributed by atoms with Crippen LogP contribution in [0.25, 0.3) is 0 Å². The number of sulfone groups is 1. The monoisotopic (exact) mass is 198 g/mol. The number of hydrogen-bond acceptors (Lipinski definition) is 4. The van der Waals surface area contributed by atoms with Gasteiger partial charge in [0.05, 0.1) is 12.4 Å². The number of aliphatic hydroxyl groups is 1. The molecule has 0 amide bonds. The van der Waals surface area contributed by atoms with Gasteiger partial charge in [0.25, 0.3) is 0 Å². The number of thioether (sulfide) groups is 1. The first-order chi connectivity index (χ1) is 5.06. The summed E-state index contributed by atoms with van der Waals surface area (Å²) in [5, 5.41) is 8.39. The van der Waals surface area contributed by atoms with Crippen LogP contribution in [0.3, 0.4) is 0 Å². The van der Waals surface area contributed by atoms with Crippen molar-refractivity contribution in [3.05, 3.63) is 0 Å². The van der Waals surface area contributed by atoms with E-state index in [1.807, 2.05) is 0 Å². The highest BCUT2D eigenvalue weighted by Gasteiger charge is 2.00. The first-order valence-electron chi connectivity index (χ1n) is 3.42. The standard InChI is InChI=1S/C6H14O3S2/c1-11(8,9)6-2-4-10-5-3-7/h7H,2-6H2,1H3. The maximum atomic E-state index is 10.6. The van der Waals surface area contributed by atoms with Crippen LogP contribution < -0.4 is 0 Å². The second-order valence-corrected chi connectivity index (χ2v) is 5.80. The average Bonchev–Trinajstić information content (AvgIpc) is 1.85. The minimum absolute atomic E-state index is 0.170. The SMILES string of the molecule is CS(=O)(=O)CCCSCCO. The molecule has 5 heteroatoms. The molecule has 0 heterocycles. The third-order valence-corrected chi connectivity index (χ3v) is 3.12. The maximum absolute atomic E-state index is 10.6. The minimum atomic E-state index is -2.79. The van der Waals surface area contributed by atoms with Crippen LogP contribution in [-0.4, -0.2) is 43.6 Å². The van der Waals surface area contributed by atoms with E-state index in [1.54, 1.807) is 11.8 Å². The number of hydrogen-bond donors (Lipinski definition) is 1. The Morgan fingerprint density at radius 2 is 2.00 bits per heavy atom. The minimum Gasteiger partial charge on any atom is -0.396 e. The van der Waals surface area contributed by atoms with Crippen molar-refractivity contribution < 1.29 is 13.5 Å². The molecule has 0 rings (SSSR count). The van der Waals surface area contributed by atoms with Gasteiger partial charge in [-0.25, -0.2) is 8.42 Å². The summed E-state index contributed by atoms with van der Waals surface area (Å²) >= 11 is 1.58. The van der Waals surface area contributed by atoms with Crippen LogP contribution in [-0.2, 0) is 9.84 Å². The Balaban J connectivity index is 3.16. The first-order valence-corrected chi connectivity index (χ1v) is 6.64. The van der Waals surface area contributed by atoms with Crippen molar-refractivity contribution in [2.24, 2.45) is 0 Å². The van der Waals surface area contributed by atoms with Gasteiger partial charge in [-0.2, -0.15) is 11.8 Å². The number of rotatable bonds is 6. The van der Waals surface area contributed by atoms with E-state index in [-0.39, 0.29) is 12.4 Å². The highest BCUT2D eigenvalue weighted by Crippen LogP contribution is 2.02. The molecule has 0 aromatic rings. The van der Waals surface area contributed by atoms with Crippen LogP contribution in [0.2, 0.25) is 0 Å². The predicted octanol–water partition coefficient (Wildman–Crippen LogP) is 0.147. The van der Waals surface area contributed by atoms with Gasteiger partial charge in [0.15, 0.2) is 0 Å². The van der Waals surface area contributed by atoms with Gasteiger partial charge >= 0.3 is 0 Å². The van der Waals surface area contributed by atoms with E-state index in [9.17, 15) is 8.42 Å². The molecule has 0 aliphatic carbocycles. The van der Waals surface area contributed by atoms with Crippen LogP contribution in [0, 0.1) is 0 Å². The molecule has 0 aliphatic rings. The molecule has 0 atom stereocenters. The number of aliphatic hydroxyl groups excluding tert-OH is 1. The fourth-order valence-electron chi connectivity index (χ4n) is 0.590. The lowest BCUT2D eigenvalue weighted by molar-refractivity contribution is 0.322. The zero-order valence-corrected chi connectivity index (χ0v) is 8.25. The fourth-order valence-corrected chi connectivity index (χ4v) is 2.12. The van der Waals surface area contributed by atoms with Gasteiger partial charge in [0.2, 0.25) is 0 Å². The lowest BCUT2D eigenvalue weighted by atomic mass is 10.6. The molecule has 0 unspecified atom stereocenters. The van der Waals surface area contributed by atoms with Gasteiger partial charge in [-0.3, -0.25) is 0 Å². The fraction of sp³-hybridized carbons (Fsp3) is 1.00. The molecule has 0 spiro atoms. The van der Waals surface area contributed by atoms with E-state index < -0.39 is 9.84 Å². The molecule has 0 bridgehead atoms. The Bertz CT molecular complexity index is 174. The molecule has 0 aliphatic heterocycles. The molecule has 0 saturated heterocycles. The zero-order valence-electron chi connectivity index (χ0n) is 6.62. The highest BCUT2D eigenvalue weighted by molar-refractivity contribution is 7.99. The highest BCUT2D eigenvalue weighted by atomic mass is 32.2. The molecule has 1 N–H and O–H groups in total. The van der Waals surface area contributed by atoms with Gasteiger partial charge in [0, 0.05) is 12.0 Å². The molecular formula is C6H14O3S2. The topological polar surface area (TPSA) is 54.4 Å². The van der Waals surface area contributed by atoms with Crippen molar-refractivity contribution in [2.45, 2.75) is 6.42 Å². The Labute approximate surface area is 72.1 Å². The first kappa shape index (κ1) is 11.3. The normalized spacial score (nSPS) is 11.8. The van der Waals surface area contributed by atoms with E-state index in [4.69, 9.17) is 5.11 Å². The molecule has 0 fully saturated rings. The summed E-state index contributed by atoms with van der Waals surface area (Å²) in [5.41, 5.74) is 0. The zero-order chi connectivity index (χ0) is 8.74. The lowest BCUT2D eigenvalue weighted by Gasteiger charge is -1.97. The van der Waals surface area contributed by atoms with Crippen molar-refractivity contribution in [2.75, 3.05) is 30.1 Å². The predicted molar refractivity (Wildman–Crippen MR) is 48.7 cm³/mol. The van der Waals surface area contributed by atoms with Gasteiger partial charge < -0.3 is 5.11 Å². The van der Waals surface area contributed by atoms with Crippen molar-refractivity contribution >= 4 is 21.6 Å². The van der Waals surface area contributed by atoms with Crippen LogP contribution in [0.1, 0.15) is 6.42 Å². The summed E-state index contributed by atoms with van der Waals surface area (Å²) in [6, 6.07) is 0. The summed E-state index contributed by atoms with van der Waals surface area (Å²) in [5.74, 6) is 1.77. The van der Waals surface area contributed by atoms with E-state index in [2.05, 4.69) is 0 Å². The van der Waals surface area contributed by atoms with E-state index >= 15 is 0 Å². The summed E-state index contributed by atoms with van der Waals surface area (Å²) in [7, 11) is -2.79. The molecule has 68 valence electrons. The third kappa shape index (κ3) is 10.3. The van der Waals surface area contributed by atoms with Crippen LogP contribution in [0.4, 0.5) is 0 Å². The van der Waals surface area contributed by atoms with E-state index in [1.165, 1.54) is 6.26 Å². The van der Waals surface area contributed by atoms with Crippen molar-refractivity contribution in [3.8, 4) is 0 Å². The van der Waals surface area contributed by atoms with Gasteiger partial charge in [-0.15, -0.1) is 0 Å². The lowest BCUT2D eigenvalue weighted by Crippen LogP contribution is -2.04. The van der Waals surface area contributed by atoms with Gasteiger partial charge in [-0.05, 0) is 12.2 Å². The van der Waals surface area contributed by atoms with Gasteiger partial charge in [0.1, 0.15) is 9.84 Å². The summed E-state index contributed by atoms with van der Waals surface area (Å²) in [6.45, 7) is 0.170. The summed E-state index contributed by atoms with van der Waals surface area (Å²) in [4.78, 5) is 0. The molecule has 0 aromatic heterocycles. The van der Waals surface area contributed by atoms with E-state index in [0.717, 1.165) is 5.75 Å². The Morgan fingerprint density at radius 1 is 1.36 bits per heavy atom. The van der Waals surface area contributed by atoms with Crippen molar-refractivity contribution in [1.29, 1.82) is 0 Å². The van der Waals surface area contributed by atoms with Gasteiger partial charge in [-0.1, -0.05) is 0 Å². The molecule has 0 radical (unpaired) electrons. The smallest absolute Gasteiger partial charge is 0.147 e. The van der Waals surface area contributed by atoms with E-state index in [0.29, 0.717) is 12.2 Å². The second-order valence-electron chi connectivity index (χ2n) is 2.32. The Morgan fingerprint density at radius 3 is 2.45 bits per heavy atom. The van der Waals surface area contributed by atoms with Crippen LogP contribution in [0.15, 0.2) is 0 Å². The summed E-state index contributed by atoms with van der Waals surface area (Å²) < 4.78 is 21.2. The largest absolute Gasteiger partial charge is 0.396 e. The van der Waals surface area contributed by atoms with Crippen LogP contribution in [0.5, 0.6) is 0 Å².